The Morgan fingerprint density at radius 3 is 2.30 bits per heavy atom. The van der Waals surface area contributed by atoms with E-state index in [1.165, 1.54) is 0 Å². The van der Waals surface area contributed by atoms with E-state index in [0.717, 1.165) is 37.6 Å². The van der Waals surface area contributed by atoms with Gasteiger partial charge in [0.25, 0.3) is 0 Å². The van der Waals surface area contributed by atoms with Gasteiger partial charge in [-0.25, -0.2) is 0 Å². The first-order valence-electron chi connectivity index (χ1n) is 9.12. The number of pyridine rings is 1. The minimum atomic E-state index is 0.665. The van der Waals surface area contributed by atoms with Gasteiger partial charge in [-0.05, 0) is 17.7 Å². The number of anilines is 3. The Kier molecular flexibility index (Phi) is 5.70. The summed E-state index contributed by atoms with van der Waals surface area (Å²) in [4.78, 5) is 17.8. The summed E-state index contributed by atoms with van der Waals surface area (Å²) in [5, 5.41) is 4.30. The molecule has 2 aromatic heterocycles. The van der Waals surface area contributed by atoms with Crippen molar-refractivity contribution >= 4 is 23.8 Å². The van der Waals surface area contributed by atoms with Gasteiger partial charge >= 0.3 is 0 Å². The third-order valence-electron chi connectivity index (χ3n) is 4.43. The summed E-state index contributed by atoms with van der Waals surface area (Å²) in [7, 11) is 0. The minimum absolute atomic E-state index is 0.665. The molecule has 1 N–H and O–H groups in total. The molecule has 0 atom stereocenters. The molecular weight excluding hydrogens is 346 g/mol. The maximum absolute atomic E-state index is 5.46. The summed E-state index contributed by atoms with van der Waals surface area (Å²) in [6.45, 7) is 6.00. The molecule has 2 aliphatic heterocycles. The fourth-order valence-electron chi connectivity index (χ4n) is 2.96. The molecule has 0 aliphatic carbocycles. The van der Waals surface area contributed by atoms with Gasteiger partial charge in [-0.3, -0.25) is 10.4 Å². The summed E-state index contributed by atoms with van der Waals surface area (Å²) in [6.07, 6.45) is 5.21. The van der Waals surface area contributed by atoms with Crippen molar-refractivity contribution < 1.29 is 9.47 Å². The molecule has 0 saturated carbocycles. The highest BCUT2D eigenvalue weighted by molar-refractivity contribution is 5.79. The lowest BCUT2D eigenvalue weighted by Gasteiger charge is -2.31. The van der Waals surface area contributed by atoms with Crippen LogP contribution in [0.25, 0.3) is 0 Å². The van der Waals surface area contributed by atoms with Crippen LogP contribution >= 0.6 is 0 Å². The van der Waals surface area contributed by atoms with E-state index in [1.807, 2.05) is 18.2 Å². The van der Waals surface area contributed by atoms with E-state index >= 15 is 0 Å². The largest absolute Gasteiger partial charge is 0.378 e. The van der Waals surface area contributed by atoms with E-state index in [4.69, 9.17) is 14.5 Å². The SMILES string of the molecule is C(=N\Nc1cc(N2CCOCC2)nc(N2CCOCC2)n1)/c1ccncc1. The van der Waals surface area contributed by atoms with Crippen LogP contribution in [0.2, 0.25) is 0 Å². The van der Waals surface area contributed by atoms with Gasteiger partial charge in [0.2, 0.25) is 5.95 Å². The predicted octanol–water partition coefficient (Wildman–Crippen LogP) is 0.991. The molecule has 9 heteroatoms. The lowest BCUT2D eigenvalue weighted by molar-refractivity contribution is 0.121. The lowest BCUT2D eigenvalue weighted by atomic mass is 10.3. The molecular formula is C18H23N7O2. The highest BCUT2D eigenvalue weighted by Gasteiger charge is 2.19. The number of hydrogen-bond donors (Lipinski definition) is 1. The van der Waals surface area contributed by atoms with E-state index < -0.39 is 0 Å². The molecule has 9 nitrogen and oxygen atoms in total. The fraction of sp³-hybridized carbons (Fsp3) is 0.444. The molecule has 4 rings (SSSR count). The van der Waals surface area contributed by atoms with Crippen molar-refractivity contribution in [1.29, 1.82) is 0 Å². The Bertz CT molecular complexity index is 723. The van der Waals surface area contributed by atoms with Crippen molar-refractivity contribution in [2.45, 2.75) is 0 Å². The zero-order valence-electron chi connectivity index (χ0n) is 15.1. The Hall–Kier alpha value is -2.78. The van der Waals surface area contributed by atoms with E-state index in [-0.39, 0.29) is 0 Å². The second kappa shape index (κ2) is 8.74. The highest BCUT2D eigenvalue weighted by atomic mass is 16.5. The molecule has 0 unspecified atom stereocenters. The monoisotopic (exact) mass is 369 g/mol. The molecule has 0 spiro atoms. The lowest BCUT2D eigenvalue weighted by Crippen LogP contribution is -2.39. The van der Waals surface area contributed by atoms with Crippen LogP contribution in [0.5, 0.6) is 0 Å². The van der Waals surface area contributed by atoms with Gasteiger partial charge in [0.15, 0.2) is 5.82 Å². The van der Waals surface area contributed by atoms with E-state index in [1.54, 1.807) is 18.6 Å². The van der Waals surface area contributed by atoms with Gasteiger partial charge < -0.3 is 19.3 Å². The maximum Gasteiger partial charge on any atom is 0.229 e. The van der Waals surface area contributed by atoms with Gasteiger partial charge in [0, 0.05) is 44.6 Å². The number of aromatic nitrogens is 3. The van der Waals surface area contributed by atoms with Crippen LogP contribution in [-0.2, 0) is 9.47 Å². The second-order valence-electron chi connectivity index (χ2n) is 6.26. The van der Waals surface area contributed by atoms with Crippen molar-refractivity contribution in [1.82, 2.24) is 15.0 Å². The number of hydrogen-bond acceptors (Lipinski definition) is 9. The van der Waals surface area contributed by atoms with Crippen LogP contribution in [0.4, 0.5) is 17.6 Å². The standard InChI is InChI=1S/C18H23N7O2/c1-3-19-4-2-15(1)14-20-23-16-13-17(24-5-9-26-10-6-24)22-18(21-16)25-7-11-27-12-8-25/h1-4,13-14H,5-12H2,(H,21,22,23)/b20-14+. The zero-order chi connectivity index (χ0) is 18.3. The van der Waals surface area contributed by atoms with E-state index in [2.05, 4.69) is 30.3 Å². The first-order chi connectivity index (χ1) is 13.4. The molecule has 2 aliphatic rings. The van der Waals surface area contributed by atoms with Crippen LogP contribution < -0.4 is 15.2 Å². The number of morpholine rings is 2. The van der Waals surface area contributed by atoms with Crippen molar-refractivity contribution in [2.24, 2.45) is 5.10 Å². The molecule has 142 valence electrons. The van der Waals surface area contributed by atoms with Crippen LogP contribution in [0.15, 0.2) is 35.7 Å². The first-order valence-corrected chi connectivity index (χ1v) is 9.12. The molecule has 0 aromatic carbocycles. The first kappa shape index (κ1) is 17.6. The Morgan fingerprint density at radius 1 is 0.926 bits per heavy atom. The average molecular weight is 369 g/mol. The number of nitrogens with zero attached hydrogens (tertiary/aromatic N) is 6. The number of rotatable bonds is 5. The molecule has 0 radical (unpaired) electrons. The summed E-state index contributed by atoms with van der Waals surface area (Å²) in [5.41, 5.74) is 4.00. The van der Waals surface area contributed by atoms with E-state index in [0.29, 0.717) is 38.2 Å². The molecule has 0 bridgehead atoms. The van der Waals surface area contributed by atoms with Crippen molar-refractivity contribution in [3.05, 3.63) is 36.2 Å². The quantitative estimate of drug-likeness (QED) is 0.617. The summed E-state index contributed by atoms with van der Waals surface area (Å²) < 4.78 is 10.9. The third-order valence-corrected chi connectivity index (χ3v) is 4.43. The topological polar surface area (TPSA) is 88.0 Å². The Morgan fingerprint density at radius 2 is 1.59 bits per heavy atom. The third kappa shape index (κ3) is 4.69. The molecule has 2 fully saturated rings. The molecule has 0 amide bonds. The molecule has 2 saturated heterocycles. The average Bonchev–Trinajstić information content (AvgIpc) is 2.76. The summed E-state index contributed by atoms with van der Waals surface area (Å²) in [5.74, 6) is 2.25. The number of hydrazone groups is 1. The Labute approximate surface area is 158 Å². The summed E-state index contributed by atoms with van der Waals surface area (Å²) >= 11 is 0. The predicted molar refractivity (Wildman–Crippen MR) is 104 cm³/mol. The smallest absolute Gasteiger partial charge is 0.229 e. The van der Waals surface area contributed by atoms with Gasteiger partial charge in [0.05, 0.1) is 32.6 Å². The number of ether oxygens (including phenoxy) is 2. The van der Waals surface area contributed by atoms with Crippen molar-refractivity contribution in [3.63, 3.8) is 0 Å². The van der Waals surface area contributed by atoms with Crippen LogP contribution in [0, 0.1) is 0 Å². The fourth-order valence-corrected chi connectivity index (χ4v) is 2.96. The summed E-state index contributed by atoms with van der Waals surface area (Å²) in [6, 6.07) is 5.71. The zero-order valence-corrected chi connectivity index (χ0v) is 15.1. The van der Waals surface area contributed by atoms with Gasteiger partial charge in [-0.1, -0.05) is 0 Å². The maximum atomic E-state index is 5.46. The van der Waals surface area contributed by atoms with Crippen LogP contribution in [0.1, 0.15) is 5.56 Å². The van der Waals surface area contributed by atoms with Gasteiger partial charge in [0.1, 0.15) is 5.82 Å². The minimum Gasteiger partial charge on any atom is -0.378 e. The highest BCUT2D eigenvalue weighted by Crippen LogP contribution is 2.22. The van der Waals surface area contributed by atoms with Crippen molar-refractivity contribution in [3.8, 4) is 0 Å². The van der Waals surface area contributed by atoms with Crippen molar-refractivity contribution in [2.75, 3.05) is 67.8 Å². The normalized spacial score (nSPS) is 18.1. The van der Waals surface area contributed by atoms with E-state index in [9.17, 15) is 0 Å². The second-order valence-corrected chi connectivity index (χ2v) is 6.26. The molecule has 27 heavy (non-hydrogen) atoms. The van der Waals surface area contributed by atoms with Crippen LogP contribution in [-0.4, -0.2) is 73.8 Å². The van der Waals surface area contributed by atoms with Gasteiger partial charge in [-0.15, -0.1) is 0 Å². The van der Waals surface area contributed by atoms with Gasteiger partial charge in [-0.2, -0.15) is 15.1 Å². The molecule has 4 heterocycles. The molecule has 2 aromatic rings. The van der Waals surface area contributed by atoms with Crippen LogP contribution in [0.3, 0.4) is 0 Å². The Balaban J connectivity index is 1.55. The number of nitrogens with one attached hydrogen (secondary N) is 1.